The van der Waals surface area contributed by atoms with E-state index in [1.54, 1.807) is 18.2 Å². The highest BCUT2D eigenvalue weighted by atomic mass is 19.1. The number of piperidine rings is 1. The first kappa shape index (κ1) is 20.5. The molecule has 0 bridgehead atoms. The smallest absolute Gasteiger partial charge is 0.224 e. The molecule has 0 unspecified atom stereocenters. The summed E-state index contributed by atoms with van der Waals surface area (Å²) >= 11 is 0. The summed E-state index contributed by atoms with van der Waals surface area (Å²) in [5.74, 6) is 0.00343. The second-order valence-corrected chi connectivity index (χ2v) is 7.79. The molecule has 1 amide bonds. The normalized spacial score (nSPS) is 17.6. The van der Waals surface area contributed by atoms with Crippen molar-refractivity contribution in [1.29, 1.82) is 0 Å². The second kappa shape index (κ2) is 9.82. The number of amides is 1. The lowest BCUT2D eigenvalue weighted by Gasteiger charge is -2.32. The van der Waals surface area contributed by atoms with Gasteiger partial charge in [-0.05, 0) is 57.2 Å². The van der Waals surface area contributed by atoms with Gasteiger partial charge in [0, 0.05) is 37.3 Å². The predicted octanol–water partition coefficient (Wildman–Crippen LogP) is 4.37. The number of likely N-dealkylation sites (tertiary alicyclic amines) is 1. The van der Waals surface area contributed by atoms with Gasteiger partial charge in [-0.3, -0.25) is 14.4 Å². The van der Waals surface area contributed by atoms with Crippen molar-refractivity contribution in [2.45, 2.75) is 59.0 Å². The van der Waals surface area contributed by atoms with Crippen molar-refractivity contribution in [3.8, 4) is 0 Å². The van der Waals surface area contributed by atoms with Gasteiger partial charge >= 0.3 is 0 Å². The van der Waals surface area contributed by atoms with Crippen molar-refractivity contribution in [2.75, 3.05) is 18.4 Å². The Morgan fingerprint density at radius 3 is 2.96 bits per heavy atom. The van der Waals surface area contributed by atoms with Crippen LogP contribution in [0.4, 0.5) is 10.1 Å². The lowest BCUT2D eigenvalue weighted by molar-refractivity contribution is -0.116. The van der Waals surface area contributed by atoms with Crippen molar-refractivity contribution < 1.29 is 9.18 Å². The van der Waals surface area contributed by atoms with Crippen LogP contribution in [0.1, 0.15) is 50.3 Å². The minimum atomic E-state index is -0.390. The van der Waals surface area contributed by atoms with Crippen LogP contribution in [0.3, 0.4) is 0 Å². The van der Waals surface area contributed by atoms with Crippen LogP contribution in [0, 0.1) is 18.7 Å². The number of rotatable bonds is 8. The molecular weight excluding hydrogens is 355 g/mol. The van der Waals surface area contributed by atoms with E-state index >= 15 is 0 Å². The van der Waals surface area contributed by atoms with E-state index in [1.807, 2.05) is 6.20 Å². The van der Waals surface area contributed by atoms with Crippen LogP contribution in [0.15, 0.2) is 30.5 Å². The number of aryl methyl sites for hydroxylation is 1. The summed E-state index contributed by atoms with van der Waals surface area (Å²) in [6, 6.07) is 6.30. The van der Waals surface area contributed by atoms with Gasteiger partial charge in [0.2, 0.25) is 5.91 Å². The number of hydrogen-bond donors (Lipinski definition) is 1. The molecule has 3 rings (SSSR count). The maximum atomic E-state index is 13.7. The summed E-state index contributed by atoms with van der Waals surface area (Å²) in [5.41, 5.74) is 2.82. The number of para-hydroxylation sites is 1. The van der Waals surface area contributed by atoms with E-state index in [9.17, 15) is 9.18 Å². The standard InChI is InChI=1S/C22H31FN4O/c1-3-12-27-17(2)19(14-24-27)16-26-13-6-7-18(15-26)10-11-22(28)25-21-9-5-4-8-20(21)23/h4-5,8-9,14,18H,3,6-7,10-13,15-16H2,1-2H3,(H,25,28)/t18-/m0/s1. The Kier molecular flexibility index (Phi) is 7.20. The Labute approximate surface area is 166 Å². The van der Waals surface area contributed by atoms with E-state index in [-0.39, 0.29) is 11.6 Å². The fourth-order valence-electron chi connectivity index (χ4n) is 3.96. The number of benzene rings is 1. The number of nitrogens with one attached hydrogen (secondary N) is 1. The average Bonchev–Trinajstić information content (AvgIpc) is 3.02. The average molecular weight is 387 g/mol. The van der Waals surface area contributed by atoms with Crippen molar-refractivity contribution in [3.63, 3.8) is 0 Å². The van der Waals surface area contributed by atoms with Gasteiger partial charge in [-0.25, -0.2) is 4.39 Å². The minimum Gasteiger partial charge on any atom is -0.324 e. The third-order valence-electron chi connectivity index (χ3n) is 5.56. The van der Waals surface area contributed by atoms with Gasteiger partial charge in [0.05, 0.1) is 11.9 Å². The monoisotopic (exact) mass is 386 g/mol. The fraction of sp³-hybridized carbons (Fsp3) is 0.545. The van der Waals surface area contributed by atoms with Gasteiger partial charge < -0.3 is 5.32 Å². The molecule has 1 fully saturated rings. The van der Waals surface area contributed by atoms with Crippen LogP contribution in [0.25, 0.3) is 0 Å². The first-order valence-corrected chi connectivity index (χ1v) is 10.3. The van der Waals surface area contributed by atoms with Gasteiger partial charge in [0.15, 0.2) is 0 Å². The Hall–Kier alpha value is -2.21. The van der Waals surface area contributed by atoms with Gasteiger partial charge in [-0.15, -0.1) is 0 Å². The molecule has 28 heavy (non-hydrogen) atoms. The summed E-state index contributed by atoms with van der Waals surface area (Å²) in [5, 5.41) is 7.19. The van der Waals surface area contributed by atoms with Gasteiger partial charge in [-0.2, -0.15) is 5.10 Å². The number of halogens is 1. The molecule has 6 heteroatoms. The molecular formula is C22H31FN4O. The highest BCUT2D eigenvalue weighted by Crippen LogP contribution is 2.24. The zero-order chi connectivity index (χ0) is 19.9. The van der Waals surface area contributed by atoms with E-state index in [4.69, 9.17) is 0 Å². The summed E-state index contributed by atoms with van der Waals surface area (Å²) in [4.78, 5) is 14.7. The van der Waals surface area contributed by atoms with E-state index in [2.05, 4.69) is 33.8 Å². The van der Waals surface area contributed by atoms with Crippen LogP contribution >= 0.6 is 0 Å². The Morgan fingerprint density at radius 1 is 1.36 bits per heavy atom. The van der Waals surface area contributed by atoms with Crippen LogP contribution in [-0.2, 0) is 17.9 Å². The molecule has 0 spiro atoms. The quantitative estimate of drug-likeness (QED) is 0.733. The van der Waals surface area contributed by atoms with E-state index in [1.165, 1.54) is 17.3 Å². The van der Waals surface area contributed by atoms with Crippen molar-refractivity contribution >= 4 is 11.6 Å². The summed E-state index contributed by atoms with van der Waals surface area (Å²) < 4.78 is 15.7. The molecule has 1 atom stereocenters. The third kappa shape index (κ3) is 5.41. The Morgan fingerprint density at radius 2 is 2.18 bits per heavy atom. The van der Waals surface area contributed by atoms with E-state index in [0.29, 0.717) is 12.3 Å². The molecule has 5 nitrogen and oxygen atoms in total. The molecule has 1 aromatic heterocycles. The number of carbonyl (C=O) groups is 1. The lowest BCUT2D eigenvalue weighted by Crippen LogP contribution is -2.35. The van der Waals surface area contributed by atoms with Gasteiger partial charge in [0.25, 0.3) is 0 Å². The van der Waals surface area contributed by atoms with Crippen LogP contribution in [0.2, 0.25) is 0 Å². The summed E-state index contributed by atoms with van der Waals surface area (Å²) in [6.45, 7) is 8.30. The zero-order valence-corrected chi connectivity index (χ0v) is 17.0. The topological polar surface area (TPSA) is 50.2 Å². The first-order valence-electron chi connectivity index (χ1n) is 10.3. The summed E-state index contributed by atoms with van der Waals surface area (Å²) in [6.07, 6.45) is 6.66. The molecule has 1 aliphatic rings. The number of nitrogens with zero attached hydrogens (tertiary/aromatic N) is 3. The number of anilines is 1. The van der Waals surface area contributed by atoms with E-state index < -0.39 is 5.82 Å². The highest BCUT2D eigenvalue weighted by Gasteiger charge is 2.22. The van der Waals surface area contributed by atoms with Crippen LogP contribution in [0.5, 0.6) is 0 Å². The maximum absolute atomic E-state index is 13.7. The van der Waals surface area contributed by atoms with Gasteiger partial charge in [0.1, 0.15) is 5.82 Å². The fourth-order valence-corrected chi connectivity index (χ4v) is 3.96. The molecule has 1 saturated heterocycles. The third-order valence-corrected chi connectivity index (χ3v) is 5.56. The molecule has 1 N–H and O–H groups in total. The molecule has 0 radical (unpaired) electrons. The second-order valence-electron chi connectivity index (χ2n) is 7.79. The maximum Gasteiger partial charge on any atom is 0.224 e. The summed E-state index contributed by atoms with van der Waals surface area (Å²) in [7, 11) is 0. The first-order chi connectivity index (χ1) is 13.6. The molecule has 0 saturated carbocycles. The molecule has 152 valence electrons. The number of aromatic nitrogens is 2. The Bertz CT molecular complexity index is 789. The molecule has 2 aromatic rings. The van der Waals surface area contributed by atoms with Crippen molar-refractivity contribution in [2.24, 2.45) is 5.92 Å². The highest BCUT2D eigenvalue weighted by molar-refractivity contribution is 5.90. The van der Waals surface area contributed by atoms with Crippen LogP contribution in [-0.4, -0.2) is 33.7 Å². The lowest BCUT2D eigenvalue weighted by atomic mass is 9.93. The molecule has 1 aromatic carbocycles. The van der Waals surface area contributed by atoms with Crippen molar-refractivity contribution in [3.05, 3.63) is 47.5 Å². The Balaban J connectivity index is 1.47. The SMILES string of the molecule is CCCn1ncc(CN2CCC[C@@H](CCC(=O)Nc3ccccc3F)C2)c1C. The largest absolute Gasteiger partial charge is 0.324 e. The molecule has 2 heterocycles. The van der Waals surface area contributed by atoms with Gasteiger partial charge in [-0.1, -0.05) is 19.1 Å². The van der Waals surface area contributed by atoms with Crippen LogP contribution < -0.4 is 5.32 Å². The zero-order valence-electron chi connectivity index (χ0n) is 17.0. The minimum absolute atomic E-state index is 0.112. The predicted molar refractivity (Wildman–Crippen MR) is 110 cm³/mol. The number of carbonyl (C=O) groups excluding carboxylic acids is 1. The molecule has 0 aliphatic carbocycles. The number of hydrogen-bond acceptors (Lipinski definition) is 3. The van der Waals surface area contributed by atoms with E-state index in [0.717, 1.165) is 51.9 Å². The van der Waals surface area contributed by atoms with Crippen molar-refractivity contribution in [1.82, 2.24) is 14.7 Å². The molecule has 1 aliphatic heterocycles.